The highest BCUT2D eigenvalue weighted by molar-refractivity contribution is 6.35. The Morgan fingerprint density at radius 3 is 3.05 bits per heavy atom. The fourth-order valence-electron chi connectivity index (χ4n) is 1.97. The first-order valence-corrected chi connectivity index (χ1v) is 7.60. The molecule has 0 saturated carbocycles. The van der Waals surface area contributed by atoms with Gasteiger partial charge in [0.05, 0.1) is 5.02 Å². The largest absolute Gasteiger partial charge is 0.481 e. The van der Waals surface area contributed by atoms with Crippen LogP contribution in [-0.4, -0.2) is 37.3 Å². The maximum absolute atomic E-state index is 11.7. The van der Waals surface area contributed by atoms with Crippen LogP contribution in [0.4, 0.5) is 0 Å². The van der Waals surface area contributed by atoms with Crippen LogP contribution < -0.4 is 10.1 Å². The number of nitrogens with zero attached hydrogens (tertiary/aromatic N) is 1. The number of halogens is 1. The molecule has 5 nitrogen and oxygen atoms in total. The molecule has 0 unspecified atom stereocenters. The van der Waals surface area contributed by atoms with Gasteiger partial charge in [-0.15, -0.1) is 0 Å². The van der Waals surface area contributed by atoms with E-state index in [0.717, 1.165) is 11.8 Å². The van der Waals surface area contributed by atoms with Crippen molar-refractivity contribution < 1.29 is 14.3 Å². The number of nitrogens with one attached hydrogen (secondary N) is 1. The van der Waals surface area contributed by atoms with Crippen LogP contribution >= 0.6 is 11.6 Å². The molecule has 0 aliphatic rings. The molecule has 2 rings (SSSR count). The van der Waals surface area contributed by atoms with Crippen molar-refractivity contribution in [3.63, 3.8) is 0 Å². The molecule has 118 valence electrons. The molecule has 0 radical (unpaired) electrons. The number of rotatable bonds is 8. The third kappa shape index (κ3) is 4.58. The van der Waals surface area contributed by atoms with Gasteiger partial charge in [-0.05, 0) is 37.6 Å². The molecule has 1 aromatic carbocycles. The van der Waals surface area contributed by atoms with Gasteiger partial charge in [-0.2, -0.15) is 0 Å². The van der Waals surface area contributed by atoms with Gasteiger partial charge in [0.15, 0.2) is 6.61 Å². The molecule has 0 atom stereocenters. The Labute approximate surface area is 134 Å². The average Bonchev–Trinajstić information content (AvgIpc) is 2.54. The molecule has 6 heteroatoms. The van der Waals surface area contributed by atoms with E-state index in [9.17, 15) is 4.79 Å². The van der Waals surface area contributed by atoms with E-state index in [1.807, 2.05) is 19.1 Å². The minimum atomic E-state index is -0.171. The first kappa shape index (κ1) is 16.5. The lowest BCUT2D eigenvalue weighted by Gasteiger charge is -2.10. The van der Waals surface area contributed by atoms with Gasteiger partial charge >= 0.3 is 0 Å². The summed E-state index contributed by atoms with van der Waals surface area (Å²) in [6, 6.07) is 7.13. The number of hydrogen-bond acceptors (Lipinski definition) is 4. The summed E-state index contributed by atoms with van der Waals surface area (Å²) in [6.45, 7) is 3.79. The number of amides is 1. The van der Waals surface area contributed by atoms with E-state index >= 15 is 0 Å². The van der Waals surface area contributed by atoms with Crippen LogP contribution in [-0.2, 0) is 9.53 Å². The number of fused-ring (bicyclic) bond motifs is 1. The molecule has 0 aliphatic heterocycles. The summed E-state index contributed by atoms with van der Waals surface area (Å²) < 4.78 is 10.8. The number of ether oxygens (including phenoxy) is 2. The number of hydrogen-bond donors (Lipinski definition) is 1. The highest BCUT2D eigenvalue weighted by Crippen LogP contribution is 2.29. The molecule has 0 saturated heterocycles. The smallest absolute Gasteiger partial charge is 0.257 e. The number of carbonyl (C=O) groups excluding carboxylic acids is 1. The zero-order valence-corrected chi connectivity index (χ0v) is 13.2. The third-order valence-electron chi connectivity index (χ3n) is 3.03. The Balaban J connectivity index is 1.87. The topological polar surface area (TPSA) is 60.5 Å². The van der Waals surface area contributed by atoms with Gasteiger partial charge in [0, 0.05) is 31.3 Å². The van der Waals surface area contributed by atoms with Crippen molar-refractivity contribution >= 4 is 28.4 Å². The van der Waals surface area contributed by atoms with Gasteiger partial charge in [0.25, 0.3) is 5.91 Å². The fraction of sp³-hybridized carbons (Fsp3) is 0.375. The van der Waals surface area contributed by atoms with Crippen molar-refractivity contribution in [2.75, 3.05) is 26.4 Å². The van der Waals surface area contributed by atoms with E-state index in [1.165, 1.54) is 0 Å². The Kier molecular flexibility index (Phi) is 6.43. The quantitative estimate of drug-likeness (QED) is 0.759. The molecule has 22 heavy (non-hydrogen) atoms. The summed E-state index contributed by atoms with van der Waals surface area (Å²) in [5.74, 6) is 0.375. The van der Waals surface area contributed by atoms with Gasteiger partial charge < -0.3 is 14.8 Å². The van der Waals surface area contributed by atoms with E-state index in [-0.39, 0.29) is 12.5 Å². The predicted molar refractivity (Wildman–Crippen MR) is 86.4 cm³/mol. The molecule has 1 amide bonds. The van der Waals surface area contributed by atoms with Crippen LogP contribution in [0.15, 0.2) is 30.5 Å². The van der Waals surface area contributed by atoms with Gasteiger partial charge in [-0.3, -0.25) is 9.78 Å². The standard InChI is InChI=1S/C16H19ClN2O3/c1-2-21-10-4-9-18-15(20)11-22-14-7-6-13(17)12-5-3-8-19-16(12)14/h3,5-8H,2,4,9-11H2,1H3,(H,18,20). The zero-order valence-electron chi connectivity index (χ0n) is 12.5. The van der Waals surface area contributed by atoms with E-state index in [2.05, 4.69) is 10.3 Å². The molecule has 0 bridgehead atoms. The Morgan fingerprint density at radius 2 is 2.23 bits per heavy atom. The summed E-state index contributed by atoms with van der Waals surface area (Å²) in [5.41, 5.74) is 0.652. The summed E-state index contributed by atoms with van der Waals surface area (Å²) in [6.07, 6.45) is 2.45. The highest BCUT2D eigenvalue weighted by Gasteiger charge is 2.08. The van der Waals surface area contributed by atoms with E-state index < -0.39 is 0 Å². The van der Waals surface area contributed by atoms with Gasteiger partial charge in [-0.1, -0.05) is 11.6 Å². The maximum atomic E-state index is 11.7. The maximum Gasteiger partial charge on any atom is 0.257 e. The Morgan fingerprint density at radius 1 is 1.36 bits per heavy atom. The van der Waals surface area contributed by atoms with Crippen molar-refractivity contribution in [3.05, 3.63) is 35.5 Å². The first-order valence-electron chi connectivity index (χ1n) is 7.23. The molecule has 0 aliphatic carbocycles. The number of pyridine rings is 1. The minimum absolute atomic E-state index is 0.0536. The molecule has 1 N–H and O–H groups in total. The van der Waals surface area contributed by atoms with Crippen molar-refractivity contribution in [3.8, 4) is 5.75 Å². The van der Waals surface area contributed by atoms with Gasteiger partial charge in [0.2, 0.25) is 0 Å². The Bertz CT molecular complexity index is 634. The van der Waals surface area contributed by atoms with E-state index in [0.29, 0.717) is 36.0 Å². The lowest BCUT2D eigenvalue weighted by molar-refractivity contribution is -0.123. The molecular formula is C16H19ClN2O3. The lowest BCUT2D eigenvalue weighted by Crippen LogP contribution is -2.30. The minimum Gasteiger partial charge on any atom is -0.481 e. The molecule has 1 aromatic heterocycles. The molecular weight excluding hydrogens is 304 g/mol. The number of benzene rings is 1. The van der Waals surface area contributed by atoms with Crippen LogP contribution in [0.2, 0.25) is 5.02 Å². The summed E-state index contributed by atoms with van der Waals surface area (Å²) >= 11 is 6.12. The van der Waals surface area contributed by atoms with Crippen molar-refractivity contribution in [2.45, 2.75) is 13.3 Å². The van der Waals surface area contributed by atoms with Gasteiger partial charge in [-0.25, -0.2) is 0 Å². The second-order valence-corrected chi connectivity index (χ2v) is 5.04. The zero-order chi connectivity index (χ0) is 15.8. The third-order valence-corrected chi connectivity index (χ3v) is 3.36. The number of carbonyl (C=O) groups is 1. The van der Waals surface area contributed by atoms with Crippen LogP contribution in [0, 0.1) is 0 Å². The SMILES string of the molecule is CCOCCCNC(=O)COc1ccc(Cl)c2cccnc12. The second kappa shape index (κ2) is 8.56. The monoisotopic (exact) mass is 322 g/mol. The van der Waals surface area contributed by atoms with Crippen LogP contribution in [0.1, 0.15) is 13.3 Å². The van der Waals surface area contributed by atoms with Crippen molar-refractivity contribution in [1.29, 1.82) is 0 Å². The highest BCUT2D eigenvalue weighted by atomic mass is 35.5. The average molecular weight is 323 g/mol. The predicted octanol–water partition coefficient (Wildman–Crippen LogP) is 2.81. The van der Waals surface area contributed by atoms with Crippen LogP contribution in [0.25, 0.3) is 10.9 Å². The molecule has 2 aromatic rings. The van der Waals surface area contributed by atoms with E-state index in [1.54, 1.807) is 18.3 Å². The van der Waals surface area contributed by atoms with E-state index in [4.69, 9.17) is 21.1 Å². The van der Waals surface area contributed by atoms with Gasteiger partial charge in [0.1, 0.15) is 11.3 Å². The van der Waals surface area contributed by atoms with Crippen molar-refractivity contribution in [1.82, 2.24) is 10.3 Å². The molecule has 0 spiro atoms. The number of aromatic nitrogens is 1. The normalized spacial score (nSPS) is 10.6. The van der Waals surface area contributed by atoms with Crippen molar-refractivity contribution in [2.24, 2.45) is 0 Å². The first-order chi connectivity index (χ1) is 10.7. The summed E-state index contributed by atoms with van der Waals surface area (Å²) in [5, 5.41) is 4.19. The second-order valence-electron chi connectivity index (χ2n) is 4.63. The van der Waals surface area contributed by atoms with Crippen LogP contribution in [0.3, 0.4) is 0 Å². The summed E-state index contributed by atoms with van der Waals surface area (Å²) in [4.78, 5) is 16.0. The fourth-order valence-corrected chi connectivity index (χ4v) is 2.18. The summed E-state index contributed by atoms with van der Waals surface area (Å²) in [7, 11) is 0. The Hall–Kier alpha value is -1.85. The lowest BCUT2D eigenvalue weighted by atomic mass is 10.2. The molecule has 1 heterocycles. The molecule has 0 fully saturated rings. The van der Waals surface area contributed by atoms with Crippen LogP contribution in [0.5, 0.6) is 5.75 Å².